The maximum Gasteiger partial charge on any atom is 0.317 e. The summed E-state index contributed by atoms with van der Waals surface area (Å²) in [5, 5.41) is 8.79. The second-order valence-corrected chi connectivity index (χ2v) is 5.33. The lowest BCUT2D eigenvalue weighted by molar-refractivity contribution is -0.138. The van der Waals surface area contributed by atoms with Crippen molar-refractivity contribution < 1.29 is 14.6 Å². The summed E-state index contributed by atoms with van der Waals surface area (Å²) in [6.07, 6.45) is 5.23. The van der Waals surface area contributed by atoms with Gasteiger partial charge in [-0.15, -0.1) is 6.42 Å². The molecule has 0 saturated carbocycles. The van der Waals surface area contributed by atoms with Gasteiger partial charge in [-0.1, -0.05) is 25.8 Å². The van der Waals surface area contributed by atoms with Gasteiger partial charge < -0.3 is 9.84 Å². The van der Waals surface area contributed by atoms with E-state index in [2.05, 4.69) is 32.8 Å². The van der Waals surface area contributed by atoms with E-state index in [0.29, 0.717) is 25.6 Å². The lowest BCUT2D eigenvalue weighted by atomic mass is 9.98. The second-order valence-electron chi connectivity index (χ2n) is 5.33. The van der Waals surface area contributed by atoms with Gasteiger partial charge >= 0.3 is 5.97 Å². The summed E-state index contributed by atoms with van der Waals surface area (Å²) >= 11 is 0. The zero-order chi connectivity index (χ0) is 15.8. The molecule has 0 radical (unpaired) electrons. The minimum atomic E-state index is -0.887. The van der Waals surface area contributed by atoms with Crippen molar-refractivity contribution in [2.45, 2.75) is 26.7 Å². The molecule has 0 spiro atoms. The Morgan fingerprint density at radius 2 is 2.19 bits per heavy atom. The summed E-state index contributed by atoms with van der Waals surface area (Å²) in [6.45, 7) is 7.52. The van der Waals surface area contributed by atoms with E-state index >= 15 is 0 Å². The van der Waals surface area contributed by atoms with Crippen LogP contribution in [0.1, 0.15) is 30.9 Å². The smallest absolute Gasteiger partial charge is 0.317 e. The molecule has 0 amide bonds. The molecule has 0 bridgehead atoms. The van der Waals surface area contributed by atoms with Gasteiger partial charge in [0, 0.05) is 6.54 Å². The van der Waals surface area contributed by atoms with E-state index in [1.54, 1.807) is 4.90 Å². The van der Waals surface area contributed by atoms with Crippen LogP contribution in [0.4, 0.5) is 0 Å². The number of carboxylic acids is 1. The first-order valence-electron chi connectivity index (χ1n) is 7.05. The van der Waals surface area contributed by atoms with Crippen LogP contribution in [0.25, 0.3) is 0 Å². The number of ether oxygens (including phenoxy) is 1. The van der Waals surface area contributed by atoms with Gasteiger partial charge in [0.1, 0.15) is 12.4 Å². The first-order valence-corrected chi connectivity index (χ1v) is 7.05. The molecule has 0 aliphatic carbocycles. The van der Waals surface area contributed by atoms with Gasteiger partial charge in [0.25, 0.3) is 0 Å². The average Bonchev–Trinajstić information content (AvgIpc) is 2.37. The van der Waals surface area contributed by atoms with E-state index in [0.717, 1.165) is 5.75 Å². The Labute approximate surface area is 126 Å². The second kappa shape index (κ2) is 8.33. The highest BCUT2D eigenvalue weighted by Gasteiger charge is 2.09. The number of carbonyl (C=O) groups is 1. The number of rotatable bonds is 8. The lowest BCUT2D eigenvalue weighted by Gasteiger charge is -2.18. The van der Waals surface area contributed by atoms with Gasteiger partial charge in [0.05, 0.1) is 13.1 Å². The fourth-order valence-electron chi connectivity index (χ4n) is 2.21. The molecule has 1 N–H and O–H groups in total. The number of nitrogens with zero attached hydrogens (tertiary/aromatic N) is 1. The highest BCUT2D eigenvalue weighted by Crippen LogP contribution is 2.23. The molecule has 0 aliphatic heterocycles. The third kappa shape index (κ3) is 5.88. The summed E-state index contributed by atoms with van der Waals surface area (Å²) in [5.41, 5.74) is 2.51. The molecular formula is C17H23NO3. The Hall–Kier alpha value is -1.99. The Morgan fingerprint density at radius 1 is 1.48 bits per heavy atom. The molecule has 0 unspecified atom stereocenters. The van der Waals surface area contributed by atoms with Gasteiger partial charge in [-0.2, -0.15) is 0 Å². The maximum atomic E-state index is 10.7. The number of terminal acetylenes is 1. The van der Waals surface area contributed by atoms with Gasteiger partial charge in [-0.3, -0.25) is 9.69 Å². The summed E-state index contributed by atoms with van der Waals surface area (Å²) < 4.78 is 5.68. The molecular weight excluding hydrogens is 266 g/mol. The predicted molar refractivity (Wildman–Crippen MR) is 83.7 cm³/mol. The summed E-state index contributed by atoms with van der Waals surface area (Å²) in [6, 6.07) is 6.04. The highest BCUT2D eigenvalue weighted by molar-refractivity contribution is 5.69. The molecule has 1 aromatic rings. The number of carboxylic acid groups (broad SMARTS) is 1. The van der Waals surface area contributed by atoms with Crippen LogP contribution in [-0.4, -0.2) is 42.2 Å². The van der Waals surface area contributed by atoms with Crippen LogP contribution in [-0.2, 0) is 4.79 Å². The summed E-state index contributed by atoms with van der Waals surface area (Å²) in [4.78, 5) is 12.4. The van der Waals surface area contributed by atoms with E-state index in [-0.39, 0.29) is 6.54 Å². The van der Waals surface area contributed by atoms with Crippen LogP contribution in [0.2, 0.25) is 0 Å². The SMILES string of the molecule is C#CCN(CCOc1ccc(C(C)C)c(C)c1)CC(=O)O. The molecule has 4 heteroatoms. The van der Waals surface area contributed by atoms with Crippen LogP contribution in [0.5, 0.6) is 5.75 Å². The van der Waals surface area contributed by atoms with Crippen LogP contribution in [0.15, 0.2) is 18.2 Å². The monoisotopic (exact) mass is 289 g/mol. The van der Waals surface area contributed by atoms with Gasteiger partial charge in [-0.05, 0) is 36.1 Å². The van der Waals surface area contributed by atoms with Crippen molar-refractivity contribution in [3.05, 3.63) is 29.3 Å². The van der Waals surface area contributed by atoms with Crippen molar-refractivity contribution >= 4 is 5.97 Å². The number of hydrogen-bond donors (Lipinski definition) is 1. The zero-order valence-corrected chi connectivity index (χ0v) is 12.9. The molecule has 0 aromatic heterocycles. The molecule has 0 atom stereocenters. The van der Waals surface area contributed by atoms with Crippen LogP contribution < -0.4 is 4.74 Å². The first kappa shape index (κ1) is 17.1. The van der Waals surface area contributed by atoms with E-state index in [1.165, 1.54) is 11.1 Å². The molecule has 1 rings (SSSR count). The molecule has 21 heavy (non-hydrogen) atoms. The Bertz CT molecular complexity index is 517. The molecule has 0 aliphatic rings. The molecule has 114 valence electrons. The highest BCUT2D eigenvalue weighted by atomic mass is 16.5. The standard InChI is InChI=1S/C17H23NO3/c1-5-8-18(12-17(19)20)9-10-21-15-6-7-16(13(2)3)14(4)11-15/h1,6-7,11,13H,8-10,12H2,2-4H3,(H,19,20). The van der Waals surface area contributed by atoms with Crippen LogP contribution in [0.3, 0.4) is 0 Å². The largest absolute Gasteiger partial charge is 0.492 e. The molecule has 0 saturated heterocycles. The van der Waals surface area contributed by atoms with Crippen molar-refractivity contribution in [1.82, 2.24) is 4.90 Å². The Balaban J connectivity index is 2.53. The van der Waals surface area contributed by atoms with Crippen molar-refractivity contribution in [3.8, 4) is 18.1 Å². The quantitative estimate of drug-likeness (QED) is 0.747. The Kier molecular flexibility index (Phi) is 6.77. The minimum absolute atomic E-state index is 0.0706. The zero-order valence-electron chi connectivity index (χ0n) is 12.9. The molecule has 0 heterocycles. The summed E-state index contributed by atoms with van der Waals surface area (Å²) in [7, 11) is 0. The number of benzene rings is 1. The third-order valence-corrected chi connectivity index (χ3v) is 3.21. The van der Waals surface area contributed by atoms with E-state index in [1.807, 2.05) is 12.1 Å². The van der Waals surface area contributed by atoms with E-state index in [9.17, 15) is 4.79 Å². The molecule has 4 nitrogen and oxygen atoms in total. The minimum Gasteiger partial charge on any atom is -0.492 e. The van der Waals surface area contributed by atoms with Crippen molar-refractivity contribution in [3.63, 3.8) is 0 Å². The third-order valence-electron chi connectivity index (χ3n) is 3.21. The van der Waals surface area contributed by atoms with E-state index < -0.39 is 5.97 Å². The van der Waals surface area contributed by atoms with Gasteiger partial charge in [0.2, 0.25) is 0 Å². The Morgan fingerprint density at radius 3 is 2.71 bits per heavy atom. The number of aryl methyl sites for hydroxylation is 1. The lowest BCUT2D eigenvalue weighted by Crippen LogP contribution is -2.33. The van der Waals surface area contributed by atoms with Gasteiger partial charge in [0.15, 0.2) is 0 Å². The predicted octanol–water partition coefficient (Wildman–Crippen LogP) is 2.52. The van der Waals surface area contributed by atoms with Crippen LogP contribution >= 0.6 is 0 Å². The van der Waals surface area contributed by atoms with Crippen molar-refractivity contribution in [2.24, 2.45) is 0 Å². The first-order chi connectivity index (χ1) is 9.93. The fraction of sp³-hybridized carbons (Fsp3) is 0.471. The van der Waals surface area contributed by atoms with Crippen molar-refractivity contribution in [2.75, 3.05) is 26.2 Å². The van der Waals surface area contributed by atoms with E-state index in [4.69, 9.17) is 16.3 Å². The normalized spacial score (nSPS) is 10.7. The van der Waals surface area contributed by atoms with Gasteiger partial charge in [-0.25, -0.2) is 0 Å². The molecule has 1 aromatic carbocycles. The van der Waals surface area contributed by atoms with Crippen LogP contribution in [0, 0.1) is 19.3 Å². The summed E-state index contributed by atoms with van der Waals surface area (Å²) in [5.74, 6) is 2.86. The number of hydrogen-bond acceptors (Lipinski definition) is 3. The topological polar surface area (TPSA) is 49.8 Å². The average molecular weight is 289 g/mol. The molecule has 0 fully saturated rings. The fourth-order valence-corrected chi connectivity index (χ4v) is 2.21. The van der Waals surface area contributed by atoms with Crippen molar-refractivity contribution in [1.29, 1.82) is 0 Å². The maximum absolute atomic E-state index is 10.7. The number of aliphatic carboxylic acids is 1.